The van der Waals surface area contributed by atoms with Gasteiger partial charge in [0, 0.05) is 13.3 Å². The van der Waals surface area contributed by atoms with Crippen LogP contribution in [0.5, 0.6) is 0 Å². The molecule has 2 aromatic heterocycles. The summed E-state index contributed by atoms with van der Waals surface area (Å²) in [6.45, 7) is 5.07. The molecule has 3 N–H and O–H groups in total. The fraction of sp³-hybridized carbons (Fsp3) is 0.385. The van der Waals surface area contributed by atoms with Crippen molar-refractivity contribution in [1.29, 1.82) is 0 Å². The third-order valence-electron chi connectivity index (χ3n) is 3.12. The maximum absolute atomic E-state index is 5.80. The molecule has 0 unspecified atom stereocenters. The number of ether oxygens (including phenoxy) is 1. The Morgan fingerprint density at radius 1 is 1.43 bits per heavy atom. The van der Waals surface area contributed by atoms with Crippen molar-refractivity contribution < 1.29 is 4.74 Å². The van der Waals surface area contributed by atoms with E-state index in [9.17, 15) is 0 Å². The lowest BCUT2D eigenvalue weighted by Crippen LogP contribution is -2.16. The van der Waals surface area contributed by atoms with Crippen LogP contribution in [0.2, 0.25) is 0 Å². The van der Waals surface area contributed by atoms with E-state index in [0.29, 0.717) is 29.5 Å². The summed E-state index contributed by atoms with van der Waals surface area (Å²) in [6, 6.07) is 0. The molecular weight excluding hydrogens is 288 g/mol. The average Bonchev–Trinajstić information content (AvgIpc) is 2.88. The number of thiocarbonyl (C=S) groups is 1. The van der Waals surface area contributed by atoms with Gasteiger partial charge in [0.2, 0.25) is 0 Å². The quantitative estimate of drug-likeness (QED) is 0.778. The fourth-order valence-corrected chi connectivity index (χ4v) is 2.12. The van der Waals surface area contributed by atoms with Crippen molar-refractivity contribution in [2.24, 2.45) is 5.73 Å². The number of nitrogens with zero attached hydrogens (tertiary/aromatic N) is 4. The van der Waals surface area contributed by atoms with E-state index >= 15 is 0 Å². The number of nitrogens with two attached hydrogens (primary N) is 1. The molecule has 0 amide bonds. The number of anilines is 2. The fourth-order valence-electron chi connectivity index (χ4n) is 1.87. The summed E-state index contributed by atoms with van der Waals surface area (Å²) in [5.74, 6) is 0.539. The second kappa shape index (κ2) is 6.59. The minimum absolute atomic E-state index is 0.291. The zero-order chi connectivity index (χ0) is 15.4. The highest BCUT2D eigenvalue weighted by molar-refractivity contribution is 7.80. The van der Waals surface area contributed by atoms with E-state index < -0.39 is 0 Å². The molecule has 0 spiro atoms. The molecule has 0 aromatic carbocycles. The first-order valence-corrected chi connectivity index (χ1v) is 6.86. The van der Waals surface area contributed by atoms with Gasteiger partial charge in [0.25, 0.3) is 0 Å². The highest BCUT2D eigenvalue weighted by Gasteiger charge is 2.14. The standard InChI is InChI=1S/C13H18N6OS/c1-8-9(2)17-18-13(11(8)12(14)21)16-10-6-15-19(7-10)4-5-20-3/h6-7H,4-5H2,1-3H3,(H2,14,21)(H,16,18). The third-order valence-corrected chi connectivity index (χ3v) is 3.33. The van der Waals surface area contributed by atoms with Crippen molar-refractivity contribution in [2.75, 3.05) is 19.0 Å². The summed E-state index contributed by atoms with van der Waals surface area (Å²) >= 11 is 5.11. The molecule has 0 aliphatic heterocycles. The monoisotopic (exact) mass is 306 g/mol. The Labute approximate surface area is 128 Å². The van der Waals surface area contributed by atoms with Crippen LogP contribution >= 0.6 is 12.2 Å². The van der Waals surface area contributed by atoms with E-state index in [1.165, 1.54) is 0 Å². The summed E-state index contributed by atoms with van der Waals surface area (Å²) in [4.78, 5) is 0.291. The van der Waals surface area contributed by atoms with Crippen LogP contribution < -0.4 is 11.1 Å². The van der Waals surface area contributed by atoms with E-state index in [1.807, 2.05) is 20.0 Å². The molecule has 8 heteroatoms. The first kappa shape index (κ1) is 15.3. The Kier molecular flexibility index (Phi) is 4.81. The van der Waals surface area contributed by atoms with Gasteiger partial charge in [-0.2, -0.15) is 10.2 Å². The smallest absolute Gasteiger partial charge is 0.163 e. The van der Waals surface area contributed by atoms with Crippen molar-refractivity contribution in [3.8, 4) is 0 Å². The van der Waals surface area contributed by atoms with Crippen LogP contribution in [0.3, 0.4) is 0 Å². The van der Waals surface area contributed by atoms with E-state index in [-0.39, 0.29) is 0 Å². The lowest BCUT2D eigenvalue weighted by Gasteiger charge is -2.11. The second-order valence-electron chi connectivity index (χ2n) is 4.61. The van der Waals surface area contributed by atoms with E-state index in [0.717, 1.165) is 16.9 Å². The van der Waals surface area contributed by atoms with E-state index in [2.05, 4.69) is 20.6 Å². The van der Waals surface area contributed by atoms with Gasteiger partial charge >= 0.3 is 0 Å². The summed E-state index contributed by atoms with van der Waals surface area (Å²) < 4.78 is 6.79. The van der Waals surface area contributed by atoms with Gasteiger partial charge in [0.15, 0.2) is 5.82 Å². The van der Waals surface area contributed by atoms with Gasteiger partial charge in [-0.1, -0.05) is 12.2 Å². The van der Waals surface area contributed by atoms with Crippen molar-refractivity contribution in [3.05, 3.63) is 29.2 Å². The normalized spacial score (nSPS) is 10.6. The van der Waals surface area contributed by atoms with Crippen molar-refractivity contribution >= 4 is 28.7 Å². The minimum atomic E-state index is 0.291. The maximum Gasteiger partial charge on any atom is 0.163 e. The Hall–Kier alpha value is -2.06. The van der Waals surface area contributed by atoms with Crippen LogP contribution in [0.1, 0.15) is 16.8 Å². The molecule has 2 heterocycles. The number of aryl methyl sites for hydroxylation is 1. The number of methoxy groups -OCH3 is 1. The summed E-state index contributed by atoms with van der Waals surface area (Å²) in [7, 11) is 1.65. The number of hydrogen-bond donors (Lipinski definition) is 2. The zero-order valence-electron chi connectivity index (χ0n) is 12.3. The molecule has 0 aliphatic rings. The Morgan fingerprint density at radius 3 is 2.86 bits per heavy atom. The van der Waals surface area contributed by atoms with Crippen molar-refractivity contribution in [1.82, 2.24) is 20.0 Å². The minimum Gasteiger partial charge on any atom is -0.389 e. The molecule has 0 saturated heterocycles. The molecule has 0 aliphatic carbocycles. The van der Waals surface area contributed by atoms with Gasteiger partial charge < -0.3 is 15.8 Å². The molecule has 0 radical (unpaired) electrons. The van der Waals surface area contributed by atoms with E-state index in [1.54, 1.807) is 18.0 Å². The molecule has 21 heavy (non-hydrogen) atoms. The third kappa shape index (κ3) is 3.53. The molecular formula is C13H18N6OS. The number of rotatable bonds is 6. The molecule has 112 valence electrons. The summed E-state index contributed by atoms with van der Waals surface area (Å²) in [5, 5.41) is 15.6. The number of nitrogens with one attached hydrogen (secondary N) is 1. The zero-order valence-corrected chi connectivity index (χ0v) is 13.1. The predicted octanol–water partition coefficient (Wildman–Crippen LogP) is 1.31. The van der Waals surface area contributed by atoms with Gasteiger partial charge in [-0.15, -0.1) is 5.10 Å². The van der Waals surface area contributed by atoms with Crippen LogP contribution in [-0.2, 0) is 11.3 Å². The Bertz CT molecular complexity index is 654. The molecule has 0 saturated carbocycles. The van der Waals surface area contributed by atoms with E-state index in [4.69, 9.17) is 22.7 Å². The Morgan fingerprint density at radius 2 is 2.19 bits per heavy atom. The van der Waals surface area contributed by atoms with Crippen LogP contribution in [0.4, 0.5) is 11.5 Å². The van der Waals surface area contributed by atoms with Gasteiger partial charge in [-0.05, 0) is 19.4 Å². The summed E-state index contributed by atoms with van der Waals surface area (Å²) in [5.41, 5.74) is 9.03. The molecule has 2 rings (SSSR count). The topological polar surface area (TPSA) is 90.9 Å². The van der Waals surface area contributed by atoms with Gasteiger partial charge in [0.1, 0.15) is 4.99 Å². The van der Waals surface area contributed by atoms with Crippen molar-refractivity contribution in [3.63, 3.8) is 0 Å². The number of hydrogen-bond acceptors (Lipinski definition) is 6. The SMILES string of the molecule is COCCn1cc(Nc2nnc(C)c(C)c2C(N)=S)cn1. The van der Waals surface area contributed by atoms with Crippen LogP contribution in [0.25, 0.3) is 0 Å². The molecule has 0 bridgehead atoms. The lowest BCUT2D eigenvalue weighted by molar-refractivity contribution is 0.183. The van der Waals surface area contributed by atoms with Crippen LogP contribution in [-0.4, -0.2) is 38.7 Å². The second-order valence-corrected chi connectivity index (χ2v) is 5.05. The van der Waals surface area contributed by atoms with Gasteiger partial charge in [-0.3, -0.25) is 4.68 Å². The average molecular weight is 306 g/mol. The maximum atomic E-state index is 5.80. The molecule has 0 fully saturated rings. The Balaban J connectivity index is 2.25. The molecule has 2 aromatic rings. The molecule has 0 atom stereocenters. The van der Waals surface area contributed by atoms with Crippen LogP contribution in [0.15, 0.2) is 12.4 Å². The van der Waals surface area contributed by atoms with Crippen LogP contribution in [0, 0.1) is 13.8 Å². The highest BCUT2D eigenvalue weighted by atomic mass is 32.1. The lowest BCUT2D eigenvalue weighted by atomic mass is 10.1. The predicted molar refractivity (Wildman–Crippen MR) is 84.8 cm³/mol. The number of aromatic nitrogens is 4. The van der Waals surface area contributed by atoms with Gasteiger partial charge in [0.05, 0.1) is 36.3 Å². The van der Waals surface area contributed by atoms with Crippen molar-refractivity contribution in [2.45, 2.75) is 20.4 Å². The first-order chi connectivity index (χ1) is 10.0. The molecule has 7 nitrogen and oxygen atoms in total. The summed E-state index contributed by atoms with van der Waals surface area (Å²) in [6.07, 6.45) is 3.56. The highest BCUT2D eigenvalue weighted by Crippen LogP contribution is 2.21. The first-order valence-electron chi connectivity index (χ1n) is 6.45. The largest absolute Gasteiger partial charge is 0.389 e. The van der Waals surface area contributed by atoms with Gasteiger partial charge in [-0.25, -0.2) is 0 Å².